The zero-order chi connectivity index (χ0) is 13.7. The molecular weight excluding hydrogens is 216 g/mol. The lowest BCUT2D eigenvalue weighted by molar-refractivity contribution is -0.140. The molecule has 4 heteroatoms. The zero-order valence-corrected chi connectivity index (χ0v) is 12.1. The smallest absolute Gasteiger partial charge is 0.317 e. The molecule has 0 rings (SSSR count). The van der Waals surface area contributed by atoms with Crippen LogP contribution in [0.15, 0.2) is 0 Å². The molecule has 0 aromatic carbocycles. The van der Waals surface area contributed by atoms with Crippen LogP contribution in [-0.4, -0.2) is 48.2 Å². The third-order valence-electron chi connectivity index (χ3n) is 2.78. The highest BCUT2D eigenvalue weighted by molar-refractivity contribution is 5.69. The molecule has 0 saturated carbocycles. The third-order valence-corrected chi connectivity index (χ3v) is 2.78. The van der Waals surface area contributed by atoms with Gasteiger partial charge in [-0.1, -0.05) is 20.8 Å². The second-order valence-electron chi connectivity index (χ2n) is 6.47. The normalized spacial score (nSPS) is 13.1. The van der Waals surface area contributed by atoms with Crippen LogP contribution in [0.4, 0.5) is 0 Å². The van der Waals surface area contributed by atoms with E-state index in [4.69, 9.17) is 5.11 Å². The quantitative estimate of drug-likeness (QED) is 0.717. The predicted octanol–water partition coefficient (Wildman–Crippen LogP) is 1.81. The van der Waals surface area contributed by atoms with Gasteiger partial charge in [-0.2, -0.15) is 0 Å². The Morgan fingerprint density at radius 2 is 1.76 bits per heavy atom. The number of hydrogen-bond donors (Lipinski definition) is 2. The molecule has 2 N–H and O–H groups in total. The number of carbonyl (C=O) groups is 1. The Hall–Kier alpha value is -0.610. The number of carboxylic acid groups (broad SMARTS) is 1. The van der Waals surface area contributed by atoms with Gasteiger partial charge in [-0.3, -0.25) is 9.69 Å². The van der Waals surface area contributed by atoms with Gasteiger partial charge in [-0.15, -0.1) is 0 Å². The Labute approximate surface area is 105 Å². The number of carboxylic acids is 1. The van der Waals surface area contributed by atoms with Crippen molar-refractivity contribution in [3.8, 4) is 0 Å². The average molecular weight is 244 g/mol. The van der Waals surface area contributed by atoms with E-state index in [0.717, 1.165) is 19.5 Å². The Kier molecular flexibility index (Phi) is 6.13. The molecule has 0 saturated heterocycles. The standard InChI is InChI=1S/C13H28N2O2/c1-12(2,3)10-13(4,5)15(8-7-14-6)9-11(16)17/h14H,7-10H2,1-6H3,(H,16,17). The first-order chi connectivity index (χ1) is 7.58. The zero-order valence-electron chi connectivity index (χ0n) is 12.1. The van der Waals surface area contributed by atoms with Gasteiger partial charge in [0.15, 0.2) is 0 Å². The largest absolute Gasteiger partial charge is 0.480 e. The molecule has 0 aliphatic rings. The van der Waals surface area contributed by atoms with Gasteiger partial charge in [0.1, 0.15) is 0 Å². The van der Waals surface area contributed by atoms with Crippen LogP contribution in [0.25, 0.3) is 0 Å². The summed E-state index contributed by atoms with van der Waals surface area (Å²) >= 11 is 0. The Morgan fingerprint density at radius 1 is 1.24 bits per heavy atom. The molecule has 0 spiro atoms. The van der Waals surface area contributed by atoms with Gasteiger partial charge in [0.25, 0.3) is 0 Å². The number of nitrogens with one attached hydrogen (secondary N) is 1. The number of hydrogen-bond acceptors (Lipinski definition) is 3. The van der Waals surface area contributed by atoms with Gasteiger partial charge < -0.3 is 10.4 Å². The van der Waals surface area contributed by atoms with Crippen molar-refractivity contribution in [2.75, 3.05) is 26.7 Å². The highest BCUT2D eigenvalue weighted by Gasteiger charge is 2.32. The lowest BCUT2D eigenvalue weighted by Crippen LogP contribution is -2.50. The van der Waals surface area contributed by atoms with E-state index in [-0.39, 0.29) is 17.5 Å². The molecule has 0 bridgehead atoms. The molecule has 0 heterocycles. The van der Waals surface area contributed by atoms with Crippen LogP contribution in [0.5, 0.6) is 0 Å². The molecule has 0 aromatic rings. The van der Waals surface area contributed by atoms with E-state index in [2.05, 4.69) is 39.9 Å². The van der Waals surface area contributed by atoms with E-state index in [0.29, 0.717) is 0 Å². The second kappa shape index (κ2) is 6.36. The van der Waals surface area contributed by atoms with Crippen LogP contribution in [0.2, 0.25) is 0 Å². The first-order valence-corrected chi connectivity index (χ1v) is 6.20. The molecule has 102 valence electrons. The second-order valence-corrected chi connectivity index (χ2v) is 6.47. The number of nitrogens with zero attached hydrogens (tertiary/aromatic N) is 1. The van der Waals surface area contributed by atoms with Crippen molar-refractivity contribution in [2.45, 2.75) is 46.6 Å². The van der Waals surface area contributed by atoms with Crippen LogP contribution in [0.3, 0.4) is 0 Å². The van der Waals surface area contributed by atoms with Gasteiger partial charge in [-0.25, -0.2) is 0 Å². The molecule has 0 radical (unpaired) electrons. The van der Waals surface area contributed by atoms with Gasteiger partial charge in [-0.05, 0) is 32.7 Å². The number of rotatable bonds is 7. The lowest BCUT2D eigenvalue weighted by atomic mass is 9.80. The molecule has 0 atom stereocenters. The predicted molar refractivity (Wildman–Crippen MR) is 71.3 cm³/mol. The maximum absolute atomic E-state index is 10.9. The number of aliphatic carboxylic acids is 1. The Morgan fingerprint density at radius 3 is 2.12 bits per heavy atom. The van der Waals surface area contributed by atoms with Crippen molar-refractivity contribution in [3.63, 3.8) is 0 Å². The van der Waals surface area contributed by atoms with Crippen LogP contribution in [-0.2, 0) is 4.79 Å². The molecule has 0 fully saturated rings. The van der Waals surface area contributed by atoms with E-state index in [1.54, 1.807) is 0 Å². The van der Waals surface area contributed by atoms with Gasteiger partial charge >= 0.3 is 5.97 Å². The third kappa shape index (κ3) is 7.34. The van der Waals surface area contributed by atoms with Gasteiger partial charge in [0, 0.05) is 18.6 Å². The number of likely N-dealkylation sites (N-methyl/N-ethyl adjacent to an activating group) is 1. The summed E-state index contributed by atoms with van der Waals surface area (Å²) < 4.78 is 0. The van der Waals surface area contributed by atoms with Crippen LogP contribution in [0.1, 0.15) is 41.0 Å². The average Bonchev–Trinajstić information content (AvgIpc) is 2.07. The summed E-state index contributed by atoms with van der Waals surface area (Å²) in [6.07, 6.45) is 0.969. The Balaban J connectivity index is 4.68. The van der Waals surface area contributed by atoms with Crippen LogP contribution in [0, 0.1) is 5.41 Å². The summed E-state index contributed by atoms with van der Waals surface area (Å²) in [4.78, 5) is 13.0. The fraction of sp³-hybridized carbons (Fsp3) is 0.923. The molecule has 0 aliphatic heterocycles. The monoisotopic (exact) mass is 244 g/mol. The SMILES string of the molecule is CNCCN(CC(=O)O)C(C)(C)CC(C)(C)C. The highest BCUT2D eigenvalue weighted by atomic mass is 16.4. The first kappa shape index (κ1) is 16.4. The molecule has 0 unspecified atom stereocenters. The molecule has 0 aromatic heterocycles. The lowest BCUT2D eigenvalue weighted by Gasteiger charge is -2.41. The van der Waals surface area contributed by atoms with E-state index in [1.807, 2.05) is 11.9 Å². The van der Waals surface area contributed by atoms with Gasteiger partial charge in [0.05, 0.1) is 6.54 Å². The minimum Gasteiger partial charge on any atom is -0.480 e. The van der Waals surface area contributed by atoms with E-state index in [1.165, 1.54) is 0 Å². The van der Waals surface area contributed by atoms with Crippen molar-refractivity contribution < 1.29 is 9.90 Å². The Bertz CT molecular complexity index is 244. The van der Waals surface area contributed by atoms with E-state index in [9.17, 15) is 4.79 Å². The van der Waals surface area contributed by atoms with Crippen LogP contribution < -0.4 is 5.32 Å². The summed E-state index contributed by atoms with van der Waals surface area (Å²) in [5, 5.41) is 12.1. The van der Waals surface area contributed by atoms with Crippen LogP contribution >= 0.6 is 0 Å². The fourth-order valence-electron chi connectivity index (χ4n) is 2.42. The summed E-state index contributed by atoms with van der Waals surface area (Å²) in [5.41, 5.74) is 0.0907. The summed E-state index contributed by atoms with van der Waals surface area (Å²) in [5.74, 6) is -0.761. The highest BCUT2D eigenvalue weighted by Crippen LogP contribution is 2.30. The van der Waals surface area contributed by atoms with Crippen molar-refractivity contribution >= 4 is 5.97 Å². The van der Waals surface area contributed by atoms with Crippen molar-refractivity contribution in [2.24, 2.45) is 5.41 Å². The summed E-state index contributed by atoms with van der Waals surface area (Å²) in [6, 6.07) is 0. The molecule has 17 heavy (non-hydrogen) atoms. The van der Waals surface area contributed by atoms with E-state index >= 15 is 0 Å². The minimum atomic E-state index is -0.761. The summed E-state index contributed by atoms with van der Waals surface area (Å²) in [7, 11) is 1.88. The molecule has 4 nitrogen and oxygen atoms in total. The molecule has 0 amide bonds. The van der Waals surface area contributed by atoms with Crippen molar-refractivity contribution in [3.05, 3.63) is 0 Å². The molecule has 0 aliphatic carbocycles. The maximum Gasteiger partial charge on any atom is 0.317 e. The van der Waals surface area contributed by atoms with Crippen molar-refractivity contribution in [1.82, 2.24) is 10.2 Å². The summed E-state index contributed by atoms with van der Waals surface area (Å²) in [6.45, 7) is 12.5. The molecular formula is C13H28N2O2. The maximum atomic E-state index is 10.9. The minimum absolute atomic E-state index is 0.102. The van der Waals surface area contributed by atoms with Crippen molar-refractivity contribution in [1.29, 1.82) is 0 Å². The fourth-order valence-corrected chi connectivity index (χ4v) is 2.42. The topological polar surface area (TPSA) is 52.6 Å². The van der Waals surface area contributed by atoms with E-state index < -0.39 is 5.97 Å². The van der Waals surface area contributed by atoms with Gasteiger partial charge in [0.2, 0.25) is 0 Å². The first-order valence-electron chi connectivity index (χ1n) is 6.20.